The minimum atomic E-state index is -1.90. The van der Waals surface area contributed by atoms with Crippen molar-refractivity contribution in [3.63, 3.8) is 0 Å². The molecule has 3 aromatic rings. The summed E-state index contributed by atoms with van der Waals surface area (Å²) in [5.41, 5.74) is 1.31. The van der Waals surface area contributed by atoms with Gasteiger partial charge in [0.05, 0.1) is 7.11 Å². The van der Waals surface area contributed by atoms with Crippen molar-refractivity contribution in [2.75, 3.05) is 7.11 Å². The fourth-order valence-corrected chi connectivity index (χ4v) is 6.03. The lowest BCUT2D eigenvalue weighted by Crippen LogP contribution is -2.25. The molecule has 0 aromatic heterocycles. The summed E-state index contributed by atoms with van der Waals surface area (Å²) in [7, 11) is -0.0597. The number of hydrogen-bond acceptors (Lipinski definition) is 1. The van der Waals surface area contributed by atoms with Gasteiger partial charge in [-0.1, -0.05) is 66.7 Å². The van der Waals surface area contributed by atoms with Crippen LogP contribution in [-0.2, 0) is 10.7 Å². The van der Waals surface area contributed by atoms with Crippen molar-refractivity contribution in [3.05, 3.63) is 96.6 Å². The van der Waals surface area contributed by atoms with Crippen molar-refractivity contribution < 1.29 is 4.52 Å². The normalized spacial score (nSPS) is 11.3. The van der Waals surface area contributed by atoms with Crippen LogP contribution in [0.15, 0.2) is 91.0 Å². The Labute approximate surface area is 133 Å². The van der Waals surface area contributed by atoms with E-state index in [1.807, 2.05) is 7.11 Å². The molecule has 0 aliphatic heterocycles. The van der Waals surface area contributed by atoms with Crippen molar-refractivity contribution in [2.24, 2.45) is 0 Å². The molecule has 0 bridgehead atoms. The fourth-order valence-electron chi connectivity index (χ4n) is 2.79. The van der Waals surface area contributed by atoms with E-state index in [0.717, 1.165) is 6.16 Å². The van der Waals surface area contributed by atoms with Crippen LogP contribution in [0.1, 0.15) is 5.56 Å². The highest BCUT2D eigenvalue weighted by Crippen LogP contribution is 2.59. The molecule has 0 aliphatic carbocycles. The maximum atomic E-state index is 6.23. The first-order valence-corrected chi connectivity index (χ1v) is 9.33. The van der Waals surface area contributed by atoms with E-state index in [1.165, 1.54) is 16.2 Å². The van der Waals surface area contributed by atoms with Gasteiger partial charge in [-0.05, 0) is 29.8 Å². The van der Waals surface area contributed by atoms with Crippen LogP contribution in [0.5, 0.6) is 0 Å². The molecule has 22 heavy (non-hydrogen) atoms. The minimum absolute atomic E-state index is 0.915. The highest BCUT2D eigenvalue weighted by molar-refractivity contribution is 7.84. The van der Waals surface area contributed by atoms with Gasteiger partial charge in [0.25, 0.3) is 0 Å². The Bertz CT molecular complexity index is 656. The number of benzene rings is 3. The van der Waals surface area contributed by atoms with E-state index < -0.39 is 7.49 Å². The zero-order valence-corrected chi connectivity index (χ0v) is 13.6. The highest BCUT2D eigenvalue weighted by atomic mass is 31.2. The van der Waals surface area contributed by atoms with Gasteiger partial charge < -0.3 is 0 Å². The first-order chi connectivity index (χ1) is 10.8. The Balaban J connectivity index is 2.13. The molecule has 0 aliphatic rings. The van der Waals surface area contributed by atoms with Crippen LogP contribution in [0.3, 0.4) is 0 Å². The SMILES string of the molecule is CO[P+](Cc1ccccc1)(c1ccccc1)c1ccccc1. The van der Waals surface area contributed by atoms with Crippen LogP contribution in [0.25, 0.3) is 0 Å². The van der Waals surface area contributed by atoms with Crippen LogP contribution in [0, 0.1) is 0 Å². The van der Waals surface area contributed by atoms with E-state index in [-0.39, 0.29) is 0 Å². The molecule has 0 radical (unpaired) electrons. The number of hydrogen-bond donors (Lipinski definition) is 0. The van der Waals surface area contributed by atoms with Crippen LogP contribution < -0.4 is 10.6 Å². The van der Waals surface area contributed by atoms with Gasteiger partial charge in [0.2, 0.25) is 7.49 Å². The van der Waals surface area contributed by atoms with Gasteiger partial charge in [-0.15, -0.1) is 0 Å². The summed E-state index contributed by atoms with van der Waals surface area (Å²) in [5, 5.41) is 2.57. The molecule has 0 atom stereocenters. The summed E-state index contributed by atoms with van der Waals surface area (Å²) in [6.07, 6.45) is 0.915. The Kier molecular flexibility index (Phi) is 4.68. The van der Waals surface area contributed by atoms with Crippen molar-refractivity contribution in [2.45, 2.75) is 6.16 Å². The molecule has 0 spiro atoms. The molecule has 0 heterocycles. The Morgan fingerprint density at radius 2 is 1.05 bits per heavy atom. The molecule has 0 saturated carbocycles. The third-order valence-electron chi connectivity index (χ3n) is 3.91. The van der Waals surface area contributed by atoms with Crippen molar-refractivity contribution in [3.8, 4) is 0 Å². The second kappa shape index (κ2) is 6.87. The Morgan fingerprint density at radius 3 is 1.45 bits per heavy atom. The van der Waals surface area contributed by atoms with Crippen molar-refractivity contribution in [1.82, 2.24) is 0 Å². The molecule has 0 fully saturated rings. The van der Waals surface area contributed by atoms with E-state index in [1.54, 1.807) is 0 Å². The minimum Gasteiger partial charge on any atom is -0.230 e. The first kappa shape index (κ1) is 15.0. The molecule has 0 saturated heterocycles. The fraction of sp³-hybridized carbons (Fsp3) is 0.100. The van der Waals surface area contributed by atoms with Gasteiger partial charge in [-0.2, -0.15) is 0 Å². The predicted octanol–water partition coefficient (Wildman–Crippen LogP) is 4.42. The lowest BCUT2D eigenvalue weighted by atomic mass is 10.2. The molecule has 0 amide bonds. The van der Waals surface area contributed by atoms with Gasteiger partial charge in [-0.3, -0.25) is 0 Å². The summed E-state index contributed by atoms with van der Waals surface area (Å²) in [4.78, 5) is 0. The van der Waals surface area contributed by atoms with Gasteiger partial charge in [0.1, 0.15) is 16.8 Å². The first-order valence-electron chi connectivity index (χ1n) is 7.44. The molecule has 0 N–H and O–H groups in total. The maximum absolute atomic E-state index is 6.23. The van der Waals surface area contributed by atoms with Crippen molar-refractivity contribution in [1.29, 1.82) is 0 Å². The molecular weight excluding hydrogens is 287 g/mol. The third-order valence-corrected chi connectivity index (χ3v) is 7.60. The van der Waals surface area contributed by atoms with Gasteiger partial charge in [0, 0.05) is 0 Å². The lowest BCUT2D eigenvalue weighted by molar-refractivity contribution is 0.458. The molecule has 2 heteroatoms. The summed E-state index contributed by atoms with van der Waals surface area (Å²) in [5.74, 6) is 0. The molecule has 110 valence electrons. The maximum Gasteiger partial charge on any atom is 0.214 e. The quantitative estimate of drug-likeness (QED) is 0.634. The standard InChI is InChI=1S/C20H20OP/c1-21-22(19-13-7-3-8-14-19,20-15-9-4-10-16-20)17-18-11-5-2-6-12-18/h2-16H,17H2,1H3/q+1. The summed E-state index contributed by atoms with van der Waals surface area (Å²) < 4.78 is 6.23. The zero-order valence-electron chi connectivity index (χ0n) is 12.7. The molecular formula is C20H20OP+. The highest BCUT2D eigenvalue weighted by Gasteiger charge is 2.44. The monoisotopic (exact) mass is 307 g/mol. The van der Waals surface area contributed by atoms with E-state index >= 15 is 0 Å². The zero-order chi connectivity index (χ0) is 15.3. The van der Waals surface area contributed by atoms with E-state index in [4.69, 9.17) is 4.52 Å². The summed E-state index contributed by atoms with van der Waals surface area (Å²) in [6.45, 7) is 0. The van der Waals surface area contributed by atoms with E-state index in [2.05, 4.69) is 91.0 Å². The second-order valence-corrected chi connectivity index (χ2v) is 8.43. The van der Waals surface area contributed by atoms with E-state index in [9.17, 15) is 0 Å². The van der Waals surface area contributed by atoms with Crippen molar-refractivity contribution >= 4 is 18.1 Å². The van der Waals surface area contributed by atoms with Gasteiger partial charge >= 0.3 is 0 Å². The van der Waals surface area contributed by atoms with Gasteiger partial charge in [-0.25, -0.2) is 4.52 Å². The number of rotatable bonds is 5. The van der Waals surface area contributed by atoms with Crippen LogP contribution in [0.2, 0.25) is 0 Å². The molecule has 3 rings (SSSR count). The average Bonchev–Trinajstić information content (AvgIpc) is 2.62. The molecule has 1 nitrogen and oxygen atoms in total. The van der Waals surface area contributed by atoms with Crippen LogP contribution in [0.4, 0.5) is 0 Å². The van der Waals surface area contributed by atoms with Crippen LogP contribution in [-0.4, -0.2) is 7.11 Å². The summed E-state index contributed by atoms with van der Waals surface area (Å²) in [6, 6.07) is 31.8. The third kappa shape index (κ3) is 2.97. The topological polar surface area (TPSA) is 9.23 Å². The largest absolute Gasteiger partial charge is 0.230 e. The molecule has 0 unspecified atom stereocenters. The lowest BCUT2D eigenvalue weighted by Gasteiger charge is -2.24. The Hall–Kier alpha value is -1.95. The predicted molar refractivity (Wildman–Crippen MR) is 96.2 cm³/mol. The average molecular weight is 307 g/mol. The summed E-state index contributed by atoms with van der Waals surface area (Å²) >= 11 is 0. The van der Waals surface area contributed by atoms with Crippen LogP contribution >= 0.6 is 7.49 Å². The Morgan fingerprint density at radius 1 is 0.636 bits per heavy atom. The smallest absolute Gasteiger partial charge is 0.214 e. The van der Waals surface area contributed by atoms with E-state index in [0.29, 0.717) is 0 Å². The molecule has 3 aromatic carbocycles. The van der Waals surface area contributed by atoms with Gasteiger partial charge in [0.15, 0.2) is 0 Å². The second-order valence-electron chi connectivity index (χ2n) is 5.24.